The summed E-state index contributed by atoms with van der Waals surface area (Å²) >= 11 is 0. The Labute approximate surface area is 105 Å². The number of hydrogen-bond donors (Lipinski definition) is 0. The van der Waals surface area contributed by atoms with Gasteiger partial charge in [0.15, 0.2) is 0 Å². The molecule has 0 atom stereocenters. The van der Waals surface area contributed by atoms with Crippen molar-refractivity contribution in [2.24, 2.45) is 4.99 Å². The zero-order valence-corrected chi connectivity index (χ0v) is 11.4. The molecule has 0 aliphatic carbocycles. The molecule has 0 rings (SSSR count). The minimum absolute atomic E-state index is 0.518. The summed E-state index contributed by atoms with van der Waals surface area (Å²) in [5.41, 5.74) is 2.06. The zero-order chi connectivity index (χ0) is 13.1. The second-order valence-electron chi connectivity index (χ2n) is 3.63. The van der Waals surface area contributed by atoms with Crippen LogP contribution in [-0.4, -0.2) is 19.4 Å². The number of aliphatic imine (C=N–C) groups is 1. The fraction of sp³-hybridized carbons (Fsp3) is 0.400. The summed E-state index contributed by atoms with van der Waals surface area (Å²) in [6.45, 7) is 10.3. The SMILES string of the molecule is C=C(C/C=C/C)OC/C(=C/C=C\C)C(C)=NC. The number of rotatable bonds is 7. The van der Waals surface area contributed by atoms with Crippen LogP contribution < -0.4 is 0 Å². The monoisotopic (exact) mass is 233 g/mol. The van der Waals surface area contributed by atoms with Crippen molar-refractivity contribution in [1.29, 1.82) is 0 Å². The third-order valence-corrected chi connectivity index (χ3v) is 2.30. The number of nitrogens with zero attached hydrogens (tertiary/aromatic N) is 1. The van der Waals surface area contributed by atoms with Crippen molar-refractivity contribution in [3.63, 3.8) is 0 Å². The second kappa shape index (κ2) is 9.64. The van der Waals surface area contributed by atoms with Gasteiger partial charge in [-0.3, -0.25) is 4.99 Å². The first-order valence-electron chi connectivity index (χ1n) is 5.83. The minimum atomic E-state index is 0.518. The van der Waals surface area contributed by atoms with E-state index in [1.54, 1.807) is 7.05 Å². The number of allylic oxidation sites excluding steroid dienone is 5. The van der Waals surface area contributed by atoms with E-state index in [0.29, 0.717) is 6.61 Å². The van der Waals surface area contributed by atoms with Crippen LogP contribution in [0.5, 0.6) is 0 Å². The van der Waals surface area contributed by atoms with Gasteiger partial charge in [0.2, 0.25) is 0 Å². The van der Waals surface area contributed by atoms with Crippen molar-refractivity contribution < 1.29 is 4.74 Å². The van der Waals surface area contributed by atoms with E-state index in [4.69, 9.17) is 4.74 Å². The van der Waals surface area contributed by atoms with Crippen LogP contribution in [-0.2, 0) is 4.74 Å². The Hall–Kier alpha value is -1.57. The van der Waals surface area contributed by atoms with Crippen LogP contribution in [0.2, 0.25) is 0 Å². The van der Waals surface area contributed by atoms with Gasteiger partial charge in [0, 0.05) is 24.8 Å². The van der Waals surface area contributed by atoms with E-state index in [9.17, 15) is 0 Å². The van der Waals surface area contributed by atoms with Crippen LogP contribution in [0, 0.1) is 0 Å². The van der Waals surface area contributed by atoms with E-state index in [1.165, 1.54) is 0 Å². The summed E-state index contributed by atoms with van der Waals surface area (Å²) in [4.78, 5) is 4.17. The van der Waals surface area contributed by atoms with E-state index in [2.05, 4.69) is 11.6 Å². The fourth-order valence-electron chi connectivity index (χ4n) is 1.12. The van der Waals surface area contributed by atoms with Crippen LogP contribution in [0.15, 0.2) is 53.3 Å². The van der Waals surface area contributed by atoms with Gasteiger partial charge in [-0.25, -0.2) is 0 Å². The molecule has 0 spiro atoms. The fourth-order valence-corrected chi connectivity index (χ4v) is 1.12. The van der Waals surface area contributed by atoms with Gasteiger partial charge in [-0.2, -0.15) is 0 Å². The lowest BCUT2D eigenvalue weighted by Gasteiger charge is -2.10. The summed E-state index contributed by atoms with van der Waals surface area (Å²) < 4.78 is 5.60. The Kier molecular flexibility index (Phi) is 8.75. The van der Waals surface area contributed by atoms with Gasteiger partial charge < -0.3 is 4.74 Å². The summed E-state index contributed by atoms with van der Waals surface area (Å²) in [5, 5.41) is 0. The molecule has 0 fully saturated rings. The molecule has 0 saturated heterocycles. The van der Waals surface area contributed by atoms with Crippen LogP contribution in [0.1, 0.15) is 27.2 Å². The Morgan fingerprint density at radius 3 is 2.53 bits per heavy atom. The maximum Gasteiger partial charge on any atom is 0.115 e. The normalized spacial score (nSPS) is 13.6. The highest BCUT2D eigenvalue weighted by atomic mass is 16.5. The first kappa shape index (κ1) is 15.4. The highest BCUT2D eigenvalue weighted by molar-refractivity contribution is 5.98. The number of hydrogen-bond acceptors (Lipinski definition) is 2. The zero-order valence-electron chi connectivity index (χ0n) is 11.4. The molecule has 0 aliphatic rings. The van der Waals surface area contributed by atoms with Crippen molar-refractivity contribution in [1.82, 2.24) is 0 Å². The molecule has 0 bridgehead atoms. The van der Waals surface area contributed by atoms with E-state index < -0.39 is 0 Å². The molecule has 0 saturated carbocycles. The number of ether oxygens (including phenoxy) is 1. The molecule has 0 heterocycles. The average molecular weight is 233 g/mol. The average Bonchev–Trinajstić information content (AvgIpc) is 2.35. The topological polar surface area (TPSA) is 21.6 Å². The molecule has 0 amide bonds. The molecule has 0 aromatic heterocycles. The van der Waals surface area contributed by atoms with Gasteiger partial charge in [-0.1, -0.05) is 37.0 Å². The predicted octanol–water partition coefficient (Wildman–Crippen LogP) is 4.08. The van der Waals surface area contributed by atoms with Crippen molar-refractivity contribution in [3.8, 4) is 0 Å². The highest BCUT2D eigenvalue weighted by Crippen LogP contribution is 2.07. The Morgan fingerprint density at radius 2 is 2.00 bits per heavy atom. The molecule has 0 N–H and O–H groups in total. The largest absolute Gasteiger partial charge is 0.493 e. The molecular formula is C15H23NO. The smallest absolute Gasteiger partial charge is 0.115 e. The Bertz CT molecular complexity index is 346. The van der Waals surface area contributed by atoms with Crippen molar-refractivity contribution in [2.45, 2.75) is 27.2 Å². The molecule has 0 radical (unpaired) electrons. The molecule has 2 nitrogen and oxygen atoms in total. The summed E-state index contributed by atoms with van der Waals surface area (Å²) in [6, 6.07) is 0. The third-order valence-electron chi connectivity index (χ3n) is 2.30. The van der Waals surface area contributed by atoms with Gasteiger partial charge in [-0.15, -0.1) is 0 Å². The van der Waals surface area contributed by atoms with E-state index in [0.717, 1.165) is 23.5 Å². The Balaban J connectivity index is 4.42. The molecule has 0 aromatic carbocycles. The first-order chi connectivity index (χ1) is 8.15. The van der Waals surface area contributed by atoms with Gasteiger partial charge in [0.25, 0.3) is 0 Å². The lowest BCUT2D eigenvalue weighted by molar-refractivity contribution is 0.240. The lowest BCUT2D eigenvalue weighted by Crippen LogP contribution is -2.05. The minimum Gasteiger partial charge on any atom is -0.493 e. The summed E-state index contributed by atoms with van der Waals surface area (Å²) in [6.07, 6.45) is 10.8. The van der Waals surface area contributed by atoms with E-state index in [1.807, 2.05) is 51.2 Å². The van der Waals surface area contributed by atoms with Gasteiger partial charge in [-0.05, 0) is 20.8 Å². The molecule has 0 aromatic rings. The molecule has 17 heavy (non-hydrogen) atoms. The maximum atomic E-state index is 5.60. The quantitative estimate of drug-likeness (QED) is 0.281. The molecule has 94 valence electrons. The van der Waals surface area contributed by atoms with Crippen molar-refractivity contribution >= 4 is 5.71 Å². The predicted molar refractivity (Wildman–Crippen MR) is 76.5 cm³/mol. The van der Waals surface area contributed by atoms with Crippen LogP contribution in [0.3, 0.4) is 0 Å². The van der Waals surface area contributed by atoms with Crippen molar-refractivity contribution in [3.05, 3.63) is 48.3 Å². The van der Waals surface area contributed by atoms with E-state index >= 15 is 0 Å². The molecular weight excluding hydrogens is 210 g/mol. The lowest BCUT2D eigenvalue weighted by atomic mass is 10.1. The summed E-state index contributed by atoms with van der Waals surface area (Å²) in [7, 11) is 1.79. The molecule has 0 unspecified atom stereocenters. The van der Waals surface area contributed by atoms with Crippen LogP contribution in [0.25, 0.3) is 0 Å². The molecule has 2 heteroatoms. The third kappa shape index (κ3) is 7.34. The highest BCUT2D eigenvalue weighted by Gasteiger charge is 2.01. The molecule has 0 aliphatic heterocycles. The summed E-state index contributed by atoms with van der Waals surface area (Å²) in [5.74, 6) is 0.776. The van der Waals surface area contributed by atoms with Crippen molar-refractivity contribution in [2.75, 3.05) is 13.7 Å². The second-order valence-corrected chi connectivity index (χ2v) is 3.63. The standard InChI is InChI=1S/C15H23NO/c1-6-8-10-13(3)17-12-15(11-9-7-2)14(4)16-5/h6-9,11H,3,10,12H2,1-2,4-5H3/b8-6+,9-7-,15-11-,16-14?. The maximum absolute atomic E-state index is 5.60. The van der Waals surface area contributed by atoms with Crippen LogP contribution in [0.4, 0.5) is 0 Å². The Morgan fingerprint density at radius 1 is 1.29 bits per heavy atom. The first-order valence-corrected chi connectivity index (χ1v) is 5.83. The van der Waals surface area contributed by atoms with E-state index in [-0.39, 0.29) is 0 Å². The van der Waals surface area contributed by atoms with Crippen LogP contribution >= 0.6 is 0 Å². The van der Waals surface area contributed by atoms with Gasteiger partial charge in [0.1, 0.15) is 6.61 Å². The van der Waals surface area contributed by atoms with Gasteiger partial charge >= 0.3 is 0 Å². The van der Waals surface area contributed by atoms with Gasteiger partial charge in [0.05, 0.1) is 5.76 Å².